The van der Waals surface area contributed by atoms with Gasteiger partial charge in [-0.05, 0) is 30.0 Å². The smallest absolute Gasteiger partial charge is 0.220 e. The summed E-state index contributed by atoms with van der Waals surface area (Å²) in [5.41, 5.74) is 0. The van der Waals surface area contributed by atoms with Gasteiger partial charge in [0.25, 0.3) is 0 Å². The summed E-state index contributed by atoms with van der Waals surface area (Å²) in [6.07, 6.45) is 2.91. The number of carbonyl (C=O) groups is 2. The molecule has 0 radical (unpaired) electrons. The third-order valence-corrected chi connectivity index (χ3v) is 3.55. The Kier molecular flexibility index (Phi) is 4.92. The highest BCUT2D eigenvalue weighted by molar-refractivity contribution is 7.12. The van der Waals surface area contributed by atoms with Crippen LogP contribution in [0.1, 0.15) is 34.7 Å². The first-order valence-electron chi connectivity index (χ1n) is 6.11. The Bertz CT molecular complexity index is 517. The van der Waals surface area contributed by atoms with Crippen molar-refractivity contribution in [1.82, 2.24) is 5.32 Å². The number of hydrogen-bond donors (Lipinski definition) is 1. The monoisotopic (exact) mass is 277 g/mol. The quantitative estimate of drug-likeness (QED) is 0.791. The van der Waals surface area contributed by atoms with Gasteiger partial charge in [0.1, 0.15) is 5.76 Å². The molecular formula is C14H15NO3S. The zero-order valence-corrected chi connectivity index (χ0v) is 11.2. The number of nitrogens with one attached hydrogen (secondary N) is 1. The zero-order valence-electron chi connectivity index (χ0n) is 10.4. The molecule has 0 saturated carbocycles. The molecular weight excluding hydrogens is 262 g/mol. The number of carbonyl (C=O) groups excluding carboxylic acids is 2. The predicted molar refractivity (Wildman–Crippen MR) is 73.1 cm³/mol. The van der Waals surface area contributed by atoms with Gasteiger partial charge in [0.15, 0.2) is 5.78 Å². The van der Waals surface area contributed by atoms with E-state index in [1.54, 1.807) is 18.4 Å². The molecule has 0 aliphatic rings. The lowest BCUT2D eigenvalue weighted by atomic mass is 10.1. The topological polar surface area (TPSA) is 59.3 Å². The van der Waals surface area contributed by atoms with Gasteiger partial charge >= 0.3 is 0 Å². The summed E-state index contributed by atoms with van der Waals surface area (Å²) in [5.74, 6) is 0.771. The minimum atomic E-state index is -0.0598. The predicted octanol–water partition coefficient (Wildman–Crippen LogP) is 3.01. The molecule has 0 spiro atoms. The van der Waals surface area contributed by atoms with Crippen molar-refractivity contribution in [3.8, 4) is 0 Å². The third kappa shape index (κ3) is 4.37. The molecule has 0 saturated heterocycles. The van der Waals surface area contributed by atoms with Gasteiger partial charge < -0.3 is 9.73 Å². The fourth-order valence-electron chi connectivity index (χ4n) is 1.66. The fourth-order valence-corrected chi connectivity index (χ4v) is 2.35. The summed E-state index contributed by atoms with van der Waals surface area (Å²) >= 11 is 1.44. The molecule has 0 unspecified atom stereocenters. The van der Waals surface area contributed by atoms with Crippen molar-refractivity contribution in [3.05, 3.63) is 46.5 Å². The molecule has 5 heteroatoms. The Labute approximate surface area is 115 Å². The maximum atomic E-state index is 11.7. The lowest BCUT2D eigenvalue weighted by Gasteiger charge is -2.02. The normalized spacial score (nSPS) is 10.3. The molecule has 2 aromatic heterocycles. The van der Waals surface area contributed by atoms with E-state index in [-0.39, 0.29) is 11.7 Å². The number of ketones is 1. The summed E-state index contributed by atoms with van der Waals surface area (Å²) in [4.78, 5) is 24.0. The van der Waals surface area contributed by atoms with Crippen LogP contribution in [0.2, 0.25) is 0 Å². The molecule has 19 heavy (non-hydrogen) atoms. The van der Waals surface area contributed by atoms with Crippen molar-refractivity contribution >= 4 is 23.0 Å². The van der Waals surface area contributed by atoms with Gasteiger partial charge in [0, 0.05) is 12.8 Å². The SMILES string of the molecule is O=C(CCCC(=O)c1cccs1)NCc1ccco1. The third-order valence-electron chi connectivity index (χ3n) is 2.64. The lowest BCUT2D eigenvalue weighted by molar-refractivity contribution is -0.121. The number of amides is 1. The van der Waals surface area contributed by atoms with Crippen LogP contribution in [0.5, 0.6) is 0 Å². The van der Waals surface area contributed by atoms with Crippen molar-refractivity contribution in [3.63, 3.8) is 0 Å². The second-order valence-electron chi connectivity index (χ2n) is 4.11. The molecule has 0 aliphatic heterocycles. The van der Waals surface area contributed by atoms with Crippen molar-refractivity contribution < 1.29 is 14.0 Å². The van der Waals surface area contributed by atoms with E-state index in [0.717, 1.165) is 10.6 Å². The highest BCUT2D eigenvalue weighted by Crippen LogP contribution is 2.13. The van der Waals surface area contributed by atoms with E-state index in [1.807, 2.05) is 17.5 Å². The molecule has 1 N–H and O–H groups in total. The molecule has 4 nitrogen and oxygen atoms in total. The van der Waals surface area contributed by atoms with Crippen LogP contribution in [-0.2, 0) is 11.3 Å². The average Bonchev–Trinajstić information content (AvgIpc) is 3.09. The molecule has 0 fully saturated rings. The second-order valence-corrected chi connectivity index (χ2v) is 5.06. The van der Waals surface area contributed by atoms with Gasteiger partial charge in [-0.3, -0.25) is 9.59 Å². The lowest BCUT2D eigenvalue weighted by Crippen LogP contribution is -2.22. The van der Waals surface area contributed by atoms with Gasteiger partial charge in [0.05, 0.1) is 17.7 Å². The molecule has 100 valence electrons. The molecule has 2 aromatic rings. The van der Waals surface area contributed by atoms with Crippen LogP contribution < -0.4 is 5.32 Å². The first-order valence-corrected chi connectivity index (χ1v) is 6.99. The maximum absolute atomic E-state index is 11.7. The second kappa shape index (κ2) is 6.89. The van der Waals surface area contributed by atoms with Crippen molar-refractivity contribution in [2.45, 2.75) is 25.8 Å². The first-order chi connectivity index (χ1) is 9.25. The molecule has 0 aliphatic carbocycles. The van der Waals surface area contributed by atoms with E-state index in [9.17, 15) is 9.59 Å². The summed E-state index contributed by atoms with van der Waals surface area (Å²) in [7, 11) is 0. The highest BCUT2D eigenvalue weighted by atomic mass is 32.1. The van der Waals surface area contributed by atoms with Gasteiger partial charge in [-0.1, -0.05) is 6.07 Å². The van der Waals surface area contributed by atoms with E-state index >= 15 is 0 Å². The Balaban J connectivity index is 1.63. The molecule has 2 rings (SSSR count). The van der Waals surface area contributed by atoms with E-state index in [4.69, 9.17) is 4.42 Å². The van der Waals surface area contributed by atoms with Gasteiger partial charge in [0.2, 0.25) is 5.91 Å². The molecule has 2 heterocycles. The van der Waals surface area contributed by atoms with E-state index < -0.39 is 0 Å². The number of thiophene rings is 1. The Morgan fingerprint density at radius 2 is 2.11 bits per heavy atom. The van der Waals surface area contributed by atoms with Crippen molar-refractivity contribution in [2.24, 2.45) is 0 Å². The number of furan rings is 1. The molecule has 0 bridgehead atoms. The Morgan fingerprint density at radius 3 is 2.79 bits per heavy atom. The van der Waals surface area contributed by atoms with E-state index in [2.05, 4.69) is 5.32 Å². The van der Waals surface area contributed by atoms with Crippen LogP contribution in [0.15, 0.2) is 40.3 Å². The summed E-state index contributed by atoms with van der Waals surface area (Å²) in [6, 6.07) is 7.25. The van der Waals surface area contributed by atoms with Crippen molar-refractivity contribution in [2.75, 3.05) is 0 Å². The highest BCUT2D eigenvalue weighted by Gasteiger charge is 2.08. The molecule has 0 atom stereocenters. The van der Waals surface area contributed by atoms with Crippen molar-refractivity contribution in [1.29, 1.82) is 0 Å². The van der Waals surface area contributed by atoms with Crippen LogP contribution in [0, 0.1) is 0 Å². The van der Waals surface area contributed by atoms with Gasteiger partial charge in [-0.25, -0.2) is 0 Å². The van der Waals surface area contributed by atoms with E-state index in [0.29, 0.717) is 25.8 Å². The largest absolute Gasteiger partial charge is 0.467 e. The summed E-state index contributed by atoms with van der Waals surface area (Å²) < 4.78 is 5.11. The number of rotatable bonds is 7. The Morgan fingerprint density at radius 1 is 1.21 bits per heavy atom. The fraction of sp³-hybridized carbons (Fsp3) is 0.286. The minimum absolute atomic E-state index is 0.0598. The van der Waals surface area contributed by atoms with Crippen LogP contribution >= 0.6 is 11.3 Å². The molecule has 0 aromatic carbocycles. The van der Waals surface area contributed by atoms with Gasteiger partial charge in [-0.2, -0.15) is 0 Å². The van der Waals surface area contributed by atoms with Crippen LogP contribution in [0.3, 0.4) is 0 Å². The minimum Gasteiger partial charge on any atom is -0.467 e. The summed E-state index contributed by atoms with van der Waals surface area (Å²) in [5, 5.41) is 4.63. The van der Waals surface area contributed by atoms with Crippen LogP contribution in [-0.4, -0.2) is 11.7 Å². The number of hydrogen-bond acceptors (Lipinski definition) is 4. The number of Topliss-reactive ketones (excluding diaryl/α,β-unsaturated/α-hetero) is 1. The average molecular weight is 277 g/mol. The van der Waals surface area contributed by atoms with Crippen LogP contribution in [0.4, 0.5) is 0 Å². The molecule has 1 amide bonds. The van der Waals surface area contributed by atoms with Gasteiger partial charge in [-0.15, -0.1) is 11.3 Å². The summed E-state index contributed by atoms with van der Waals surface area (Å²) in [6.45, 7) is 0.394. The Hall–Kier alpha value is -1.88. The first kappa shape index (κ1) is 13.5. The standard InChI is InChI=1S/C14H15NO3S/c16-12(13-6-3-9-19-13)5-1-7-14(17)15-10-11-4-2-8-18-11/h2-4,6,8-9H,1,5,7,10H2,(H,15,17). The maximum Gasteiger partial charge on any atom is 0.220 e. The zero-order chi connectivity index (χ0) is 13.5. The van der Waals surface area contributed by atoms with E-state index in [1.165, 1.54) is 11.3 Å². The van der Waals surface area contributed by atoms with Crippen LogP contribution in [0.25, 0.3) is 0 Å².